The maximum absolute atomic E-state index is 13.6. The molecular weight excluding hydrogens is 263 g/mol. The molecule has 0 saturated heterocycles. The van der Waals surface area contributed by atoms with Gasteiger partial charge in [0.15, 0.2) is 0 Å². The van der Waals surface area contributed by atoms with E-state index in [1.54, 1.807) is 18.5 Å². The van der Waals surface area contributed by atoms with Gasteiger partial charge in [-0.25, -0.2) is 4.39 Å². The van der Waals surface area contributed by atoms with E-state index < -0.39 is 0 Å². The molecule has 4 heteroatoms. The van der Waals surface area contributed by atoms with Crippen LogP contribution in [0.25, 0.3) is 0 Å². The lowest BCUT2D eigenvalue weighted by Crippen LogP contribution is -2.22. The summed E-state index contributed by atoms with van der Waals surface area (Å²) in [6.45, 7) is 2.10. The molecular formula is C15H16ClFN2. The van der Waals surface area contributed by atoms with Gasteiger partial charge in [-0.2, -0.15) is 0 Å². The first-order valence-electron chi connectivity index (χ1n) is 6.15. The summed E-state index contributed by atoms with van der Waals surface area (Å²) in [4.78, 5) is 4.01. The van der Waals surface area contributed by atoms with Crippen molar-refractivity contribution in [1.29, 1.82) is 0 Å². The summed E-state index contributed by atoms with van der Waals surface area (Å²) in [6.07, 6.45) is 3.53. The third-order valence-electron chi connectivity index (χ3n) is 3.35. The molecule has 1 aromatic carbocycles. The third-order valence-corrected chi connectivity index (χ3v) is 3.65. The molecule has 0 aliphatic rings. The Labute approximate surface area is 117 Å². The molecule has 2 rings (SSSR count). The second kappa shape index (κ2) is 6.13. The summed E-state index contributed by atoms with van der Waals surface area (Å²) in [7, 11) is 1.87. The molecule has 0 fully saturated rings. The lowest BCUT2D eigenvalue weighted by Gasteiger charge is -2.24. The van der Waals surface area contributed by atoms with Crippen molar-refractivity contribution in [1.82, 2.24) is 10.3 Å². The smallest absolute Gasteiger partial charge is 0.142 e. The van der Waals surface area contributed by atoms with Crippen LogP contribution >= 0.6 is 11.6 Å². The highest BCUT2D eigenvalue weighted by molar-refractivity contribution is 6.30. The Balaban J connectivity index is 2.31. The van der Waals surface area contributed by atoms with Gasteiger partial charge < -0.3 is 5.32 Å². The van der Waals surface area contributed by atoms with Crippen LogP contribution in [0.4, 0.5) is 4.39 Å². The summed E-state index contributed by atoms with van der Waals surface area (Å²) < 4.78 is 13.6. The fourth-order valence-electron chi connectivity index (χ4n) is 2.27. The van der Waals surface area contributed by atoms with Crippen molar-refractivity contribution in [3.63, 3.8) is 0 Å². The van der Waals surface area contributed by atoms with Crippen LogP contribution in [0, 0.1) is 5.82 Å². The first kappa shape index (κ1) is 14.0. The van der Waals surface area contributed by atoms with Crippen LogP contribution in [0.1, 0.15) is 30.0 Å². The van der Waals surface area contributed by atoms with Crippen LogP contribution in [0.2, 0.25) is 5.02 Å². The molecule has 0 aliphatic carbocycles. The largest absolute Gasteiger partial charge is 0.312 e. The monoisotopic (exact) mass is 278 g/mol. The molecule has 19 heavy (non-hydrogen) atoms. The highest BCUT2D eigenvalue weighted by Gasteiger charge is 2.20. The molecule has 1 aromatic heterocycles. The van der Waals surface area contributed by atoms with E-state index in [2.05, 4.69) is 17.2 Å². The predicted octanol–water partition coefficient (Wildman–Crippen LogP) is 3.94. The number of hydrogen-bond donors (Lipinski definition) is 1. The summed E-state index contributed by atoms with van der Waals surface area (Å²) in [5.41, 5.74) is 2.04. The van der Waals surface area contributed by atoms with E-state index in [0.717, 1.165) is 11.1 Å². The number of likely N-dealkylation sites (N-methyl/N-ethyl adjacent to an activating group) is 1. The Kier molecular flexibility index (Phi) is 4.51. The topological polar surface area (TPSA) is 24.9 Å². The highest BCUT2D eigenvalue weighted by atomic mass is 35.5. The van der Waals surface area contributed by atoms with E-state index in [1.165, 1.54) is 6.07 Å². The van der Waals surface area contributed by atoms with Crippen LogP contribution < -0.4 is 5.32 Å². The normalized spacial score (nSPS) is 14.1. The molecule has 1 N–H and O–H groups in total. The van der Waals surface area contributed by atoms with E-state index in [4.69, 9.17) is 11.6 Å². The van der Waals surface area contributed by atoms with Crippen molar-refractivity contribution in [2.75, 3.05) is 7.05 Å². The van der Waals surface area contributed by atoms with Crippen molar-refractivity contribution in [3.8, 4) is 0 Å². The van der Waals surface area contributed by atoms with Crippen LogP contribution in [0.5, 0.6) is 0 Å². The van der Waals surface area contributed by atoms with Gasteiger partial charge in [-0.15, -0.1) is 0 Å². The number of rotatable bonds is 4. The molecule has 100 valence electrons. The zero-order valence-electron chi connectivity index (χ0n) is 10.9. The minimum Gasteiger partial charge on any atom is -0.312 e. The van der Waals surface area contributed by atoms with Crippen LogP contribution in [-0.4, -0.2) is 12.0 Å². The fourth-order valence-corrected chi connectivity index (χ4v) is 2.39. The van der Waals surface area contributed by atoms with E-state index in [1.807, 2.05) is 25.2 Å². The summed E-state index contributed by atoms with van der Waals surface area (Å²) >= 11 is 5.72. The number of halogens is 2. The quantitative estimate of drug-likeness (QED) is 0.916. The van der Waals surface area contributed by atoms with Gasteiger partial charge in [0.05, 0.1) is 5.02 Å². The van der Waals surface area contributed by atoms with Crippen LogP contribution in [0.15, 0.2) is 42.7 Å². The maximum Gasteiger partial charge on any atom is 0.142 e. The van der Waals surface area contributed by atoms with Crippen LogP contribution in [-0.2, 0) is 0 Å². The molecule has 2 nitrogen and oxygen atoms in total. The van der Waals surface area contributed by atoms with E-state index in [0.29, 0.717) is 0 Å². The number of aromatic nitrogens is 1. The Morgan fingerprint density at radius 1 is 1.16 bits per heavy atom. The standard InChI is InChI=1S/C15H16ClFN2/c1-10(11-5-7-19-8-6-11)15(18-2)12-3-4-13(16)14(17)9-12/h3-10,15,18H,1-2H3. The average molecular weight is 279 g/mol. The van der Waals surface area contributed by atoms with Gasteiger partial charge in [0.1, 0.15) is 5.82 Å². The minimum atomic E-state index is -0.388. The van der Waals surface area contributed by atoms with Crippen molar-refractivity contribution >= 4 is 11.6 Å². The Bertz CT molecular complexity index is 545. The molecule has 0 aliphatic heterocycles. The zero-order chi connectivity index (χ0) is 13.8. The van der Waals surface area contributed by atoms with Crippen molar-refractivity contribution < 1.29 is 4.39 Å². The molecule has 0 spiro atoms. The molecule has 1 heterocycles. The fraction of sp³-hybridized carbons (Fsp3) is 0.267. The van der Waals surface area contributed by atoms with Crippen molar-refractivity contribution in [2.24, 2.45) is 0 Å². The van der Waals surface area contributed by atoms with E-state index in [9.17, 15) is 4.39 Å². The second-order valence-electron chi connectivity index (χ2n) is 4.51. The van der Waals surface area contributed by atoms with E-state index >= 15 is 0 Å². The molecule has 2 unspecified atom stereocenters. The molecule has 0 amide bonds. The molecule has 0 radical (unpaired) electrons. The molecule has 2 atom stereocenters. The van der Waals surface area contributed by atoms with Crippen LogP contribution in [0.3, 0.4) is 0 Å². The number of benzene rings is 1. The van der Waals surface area contributed by atoms with E-state index in [-0.39, 0.29) is 22.8 Å². The van der Waals surface area contributed by atoms with Gasteiger partial charge in [-0.3, -0.25) is 4.98 Å². The lowest BCUT2D eigenvalue weighted by molar-refractivity contribution is 0.503. The lowest BCUT2D eigenvalue weighted by atomic mass is 9.89. The second-order valence-corrected chi connectivity index (χ2v) is 4.92. The SMILES string of the molecule is CNC(c1ccc(Cl)c(F)c1)C(C)c1ccncc1. The predicted molar refractivity (Wildman–Crippen MR) is 75.9 cm³/mol. The van der Waals surface area contributed by atoms with Gasteiger partial charge in [-0.1, -0.05) is 24.6 Å². The van der Waals surface area contributed by atoms with Gasteiger partial charge in [-0.05, 0) is 42.4 Å². The summed E-state index contributed by atoms with van der Waals surface area (Å²) in [5, 5.41) is 3.38. The average Bonchev–Trinajstić information content (AvgIpc) is 2.44. The van der Waals surface area contributed by atoms with Gasteiger partial charge >= 0.3 is 0 Å². The van der Waals surface area contributed by atoms with Gasteiger partial charge in [0.25, 0.3) is 0 Å². The number of nitrogens with one attached hydrogen (secondary N) is 1. The van der Waals surface area contributed by atoms with Gasteiger partial charge in [0, 0.05) is 24.4 Å². The minimum absolute atomic E-state index is 0.0224. The third kappa shape index (κ3) is 3.11. The summed E-state index contributed by atoms with van der Waals surface area (Å²) in [6, 6.07) is 8.90. The van der Waals surface area contributed by atoms with Crippen molar-refractivity contribution in [2.45, 2.75) is 18.9 Å². The Morgan fingerprint density at radius 3 is 2.42 bits per heavy atom. The number of hydrogen-bond acceptors (Lipinski definition) is 2. The molecule has 2 aromatic rings. The molecule has 0 bridgehead atoms. The number of nitrogens with zero attached hydrogens (tertiary/aromatic N) is 1. The first-order valence-corrected chi connectivity index (χ1v) is 6.53. The van der Waals surface area contributed by atoms with Crippen molar-refractivity contribution in [3.05, 3.63) is 64.7 Å². The maximum atomic E-state index is 13.6. The van der Waals surface area contributed by atoms with Gasteiger partial charge in [0.2, 0.25) is 0 Å². The zero-order valence-corrected chi connectivity index (χ0v) is 11.7. The highest BCUT2D eigenvalue weighted by Crippen LogP contribution is 2.31. The summed E-state index contributed by atoms with van der Waals surface area (Å²) in [5.74, 6) is -0.185. The number of pyridine rings is 1. The molecule has 0 saturated carbocycles. The Morgan fingerprint density at radius 2 is 1.84 bits per heavy atom. The Hall–Kier alpha value is -1.45. The first-order chi connectivity index (χ1) is 9.13.